The molecule has 1 rings (SSSR count). The molecule has 2 nitrogen and oxygen atoms in total. The van der Waals surface area contributed by atoms with Crippen LogP contribution in [0.1, 0.15) is 40.0 Å². The zero-order valence-electron chi connectivity index (χ0n) is 9.96. The second-order valence-electron chi connectivity index (χ2n) is 4.61. The molecule has 0 bridgehead atoms. The van der Waals surface area contributed by atoms with E-state index in [0.29, 0.717) is 6.10 Å². The van der Waals surface area contributed by atoms with Gasteiger partial charge in [0.05, 0.1) is 12.7 Å². The molecule has 0 radical (unpaired) electrons. The zero-order chi connectivity index (χ0) is 10.4. The van der Waals surface area contributed by atoms with Crippen molar-refractivity contribution >= 4 is 0 Å². The third-order valence-corrected chi connectivity index (χ3v) is 3.14. The van der Waals surface area contributed by atoms with Gasteiger partial charge < -0.3 is 9.64 Å². The Morgan fingerprint density at radius 3 is 2.43 bits per heavy atom. The van der Waals surface area contributed by atoms with Crippen LogP contribution in [0.3, 0.4) is 0 Å². The highest BCUT2D eigenvalue weighted by Gasteiger charge is 2.16. The quantitative estimate of drug-likeness (QED) is 0.674. The van der Waals surface area contributed by atoms with Crippen LogP contribution in [0.25, 0.3) is 0 Å². The van der Waals surface area contributed by atoms with Gasteiger partial charge in [0.2, 0.25) is 0 Å². The molecule has 0 aromatic heterocycles. The summed E-state index contributed by atoms with van der Waals surface area (Å²) in [5.74, 6) is 0.984. The Labute approximate surface area is 88.6 Å². The Bertz CT molecular complexity index is 139. The molecular weight excluding hydrogens is 174 g/mol. The van der Waals surface area contributed by atoms with Gasteiger partial charge in [-0.2, -0.15) is 0 Å². The smallest absolute Gasteiger partial charge is 0.0596 e. The molecule has 1 fully saturated rings. The Balaban J connectivity index is 2.04. The van der Waals surface area contributed by atoms with E-state index in [-0.39, 0.29) is 0 Å². The van der Waals surface area contributed by atoms with Gasteiger partial charge in [0.1, 0.15) is 0 Å². The Kier molecular flexibility index (Phi) is 5.49. The molecule has 0 aliphatic carbocycles. The maximum Gasteiger partial charge on any atom is 0.0596 e. The minimum absolute atomic E-state index is 0.378. The number of ether oxygens (including phenoxy) is 1. The van der Waals surface area contributed by atoms with Crippen molar-refractivity contribution in [3.63, 3.8) is 0 Å². The van der Waals surface area contributed by atoms with E-state index in [9.17, 15) is 0 Å². The second kappa shape index (κ2) is 6.41. The first kappa shape index (κ1) is 12.0. The normalized spacial score (nSPS) is 20.6. The first-order chi connectivity index (χ1) is 6.72. The lowest BCUT2D eigenvalue weighted by Gasteiger charge is -2.31. The second-order valence-corrected chi connectivity index (χ2v) is 4.61. The van der Waals surface area contributed by atoms with E-state index in [1.54, 1.807) is 0 Å². The van der Waals surface area contributed by atoms with Crippen LogP contribution in [0.4, 0.5) is 0 Å². The van der Waals surface area contributed by atoms with Crippen LogP contribution in [-0.2, 0) is 4.74 Å². The Morgan fingerprint density at radius 1 is 1.29 bits per heavy atom. The minimum Gasteiger partial charge on any atom is -0.377 e. The molecule has 2 heteroatoms. The predicted molar refractivity (Wildman–Crippen MR) is 60.5 cm³/mol. The number of likely N-dealkylation sites (tertiary alicyclic amines) is 1. The molecule has 0 aromatic carbocycles. The van der Waals surface area contributed by atoms with Crippen LogP contribution in [0, 0.1) is 5.92 Å². The van der Waals surface area contributed by atoms with E-state index in [0.717, 1.165) is 19.1 Å². The fourth-order valence-electron chi connectivity index (χ4n) is 2.04. The van der Waals surface area contributed by atoms with Gasteiger partial charge in [-0.3, -0.25) is 0 Å². The summed E-state index contributed by atoms with van der Waals surface area (Å²) in [6.45, 7) is 11.1. The molecule has 0 atom stereocenters. The largest absolute Gasteiger partial charge is 0.377 e. The van der Waals surface area contributed by atoms with Crippen molar-refractivity contribution in [1.29, 1.82) is 0 Å². The number of hydrogen-bond donors (Lipinski definition) is 0. The number of piperidine rings is 1. The van der Waals surface area contributed by atoms with Crippen molar-refractivity contribution < 1.29 is 4.74 Å². The van der Waals surface area contributed by atoms with E-state index < -0.39 is 0 Å². The lowest BCUT2D eigenvalue weighted by molar-refractivity contribution is 0.0506. The summed E-state index contributed by atoms with van der Waals surface area (Å²) in [6.07, 6.45) is 4.51. The highest BCUT2D eigenvalue weighted by atomic mass is 16.5. The van der Waals surface area contributed by atoms with E-state index in [2.05, 4.69) is 25.7 Å². The van der Waals surface area contributed by atoms with Crippen LogP contribution in [0.15, 0.2) is 0 Å². The van der Waals surface area contributed by atoms with Crippen LogP contribution < -0.4 is 0 Å². The minimum atomic E-state index is 0.378. The molecule has 0 saturated carbocycles. The van der Waals surface area contributed by atoms with E-state index >= 15 is 0 Å². The average molecular weight is 199 g/mol. The summed E-state index contributed by atoms with van der Waals surface area (Å²) in [7, 11) is 0. The Morgan fingerprint density at radius 2 is 1.93 bits per heavy atom. The number of rotatable bonds is 5. The molecule has 1 saturated heterocycles. The summed E-state index contributed by atoms with van der Waals surface area (Å²) in [4.78, 5) is 2.54. The van der Waals surface area contributed by atoms with Crippen molar-refractivity contribution in [2.45, 2.75) is 46.1 Å². The summed E-state index contributed by atoms with van der Waals surface area (Å²) >= 11 is 0. The van der Waals surface area contributed by atoms with Gasteiger partial charge in [-0.15, -0.1) is 0 Å². The summed E-state index contributed by atoms with van der Waals surface area (Å²) in [5, 5.41) is 0. The van der Waals surface area contributed by atoms with Crippen LogP contribution >= 0.6 is 0 Å². The molecule has 0 spiro atoms. The topological polar surface area (TPSA) is 12.5 Å². The van der Waals surface area contributed by atoms with Gasteiger partial charge in [-0.25, -0.2) is 0 Å². The van der Waals surface area contributed by atoms with Gasteiger partial charge >= 0.3 is 0 Å². The first-order valence-electron chi connectivity index (χ1n) is 6.06. The molecule has 1 heterocycles. The lowest BCUT2D eigenvalue weighted by Crippen LogP contribution is -2.36. The van der Waals surface area contributed by atoms with E-state index in [4.69, 9.17) is 4.74 Å². The SMILES string of the molecule is CCC1CCN(CCOC(C)C)CC1. The monoisotopic (exact) mass is 199 g/mol. The maximum absolute atomic E-state index is 5.56. The van der Waals surface area contributed by atoms with E-state index in [1.807, 2.05) is 0 Å². The molecule has 1 aliphatic rings. The van der Waals surface area contributed by atoms with Gasteiger partial charge in [0.15, 0.2) is 0 Å². The van der Waals surface area contributed by atoms with Gasteiger partial charge in [0.25, 0.3) is 0 Å². The third-order valence-electron chi connectivity index (χ3n) is 3.14. The molecular formula is C12H25NO. The van der Waals surface area contributed by atoms with Crippen molar-refractivity contribution in [3.8, 4) is 0 Å². The molecule has 84 valence electrons. The maximum atomic E-state index is 5.56. The van der Waals surface area contributed by atoms with E-state index in [1.165, 1.54) is 32.4 Å². The molecule has 0 unspecified atom stereocenters. The van der Waals surface area contributed by atoms with Gasteiger partial charge in [-0.05, 0) is 45.7 Å². The predicted octanol–water partition coefficient (Wildman–Crippen LogP) is 2.53. The molecule has 0 amide bonds. The standard InChI is InChI=1S/C12H25NO/c1-4-12-5-7-13(8-6-12)9-10-14-11(2)3/h11-12H,4-10H2,1-3H3. The molecule has 1 aliphatic heterocycles. The molecule has 0 N–H and O–H groups in total. The van der Waals surface area contributed by atoms with Crippen LogP contribution in [0.5, 0.6) is 0 Å². The van der Waals surface area contributed by atoms with Gasteiger partial charge in [0, 0.05) is 6.54 Å². The van der Waals surface area contributed by atoms with Crippen molar-refractivity contribution in [2.75, 3.05) is 26.2 Å². The van der Waals surface area contributed by atoms with Crippen LogP contribution in [0.2, 0.25) is 0 Å². The Hall–Kier alpha value is -0.0800. The molecule has 0 aromatic rings. The fourth-order valence-corrected chi connectivity index (χ4v) is 2.04. The fraction of sp³-hybridized carbons (Fsp3) is 1.00. The highest BCUT2D eigenvalue weighted by Crippen LogP contribution is 2.19. The average Bonchev–Trinajstić information content (AvgIpc) is 2.18. The highest BCUT2D eigenvalue weighted by molar-refractivity contribution is 4.70. The lowest BCUT2D eigenvalue weighted by atomic mass is 9.94. The van der Waals surface area contributed by atoms with Crippen LogP contribution in [-0.4, -0.2) is 37.2 Å². The number of hydrogen-bond acceptors (Lipinski definition) is 2. The van der Waals surface area contributed by atoms with Gasteiger partial charge in [-0.1, -0.05) is 13.3 Å². The summed E-state index contributed by atoms with van der Waals surface area (Å²) < 4.78 is 5.56. The first-order valence-corrected chi connectivity index (χ1v) is 6.06. The third kappa shape index (κ3) is 4.43. The summed E-state index contributed by atoms with van der Waals surface area (Å²) in [5.41, 5.74) is 0. The number of nitrogens with zero attached hydrogens (tertiary/aromatic N) is 1. The van der Waals surface area contributed by atoms with Crippen molar-refractivity contribution in [1.82, 2.24) is 4.90 Å². The summed E-state index contributed by atoms with van der Waals surface area (Å²) in [6, 6.07) is 0. The molecule has 14 heavy (non-hydrogen) atoms. The zero-order valence-corrected chi connectivity index (χ0v) is 9.96. The van der Waals surface area contributed by atoms with Crippen molar-refractivity contribution in [2.24, 2.45) is 5.92 Å². The van der Waals surface area contributed by atoms with Crippen molar-refractivity contribution in [3.05, 3.63) is 0 Å².